The fraction of sp³-hybridized carbons (Fsp3) is 0.250. The topological polar surface area (TPSA) is 9.23 Å². The molecule has 2 heteroatoms. The maximum atomic E-state index is 6.24. The van der Waals surface area contributed by atoms with Crippen molar-refractivity contribution in [3.05, 3.63) is 71.8 Å². The number of rotatable bonds is 2. The van der Waals surface area contributed by atoms with Crippen molar-refractivity contribution < 1.29 is 4.74 Å². The van der Waals surface area contributed by atoms with E-state index in [2.05, 4.69) is 48.5 Å². The van der Waals surface area contributed by atoms with Gasteiger partial charge < -0.3 is 4.74 Å². The molecule has 1 fully saturated rings. The molecule has 1 saturated heterocycles. The number of hydrogen-bond acceptors (Lipinski definition) is 2. The summed E-state index contributed by atoms with van der Waals surface area (Å²) in [6, 6.07) is 21.0. The summed E-state index contributed by atoms with van der Waals surface area (Å²) in [6.07, 6.45) is 0.435. The van der Waals surface area contributed by atoms with Crippen LogP contribution in [0.2, 0.25) is 0 Å². The maximum Gasteiger partial charge on any atom is 0.0924 e. The molecule has 0 N–H and O–H groups in total. The molecule has 3 rings (SSSR count). The fourth-order valence-corrected chi connectivity index (χ4v) is 3.35. The van der Waals surface area contributed by atoms with Crippen LogP contribution in [0, 0.1) is 0 Å². The first kappa shape index (κ1) is 11.8. The van der Waals surface area contributed by atoms with Gasteiger partial charge in [0.25, 0.3) is 0 Å². The van der Waals surface area contributed by atoms with Crippen molar-refractivity contribution in [2.24, 2.45) is 0 Å². The van der Waals surface area contributed by atoms with Crippen LogP contribution in [-0.2, 0) is 4.74 Å². The lowest BCUT2D eigenvalue weighted by Crippen LogP contribution is -2.20. The van der Waals surface area contributed by atoms with Crippen molar-refractivity contribution >= 4 is 11.8 Å². The van der Waals surface area contributed by atoms with E-state index in [-0.39, 0.29) is 12.2 Å². The quantitative estimate of drug-likeness (QED) is 0.795. The third-order valence-corrected chi connectivity index (χ3v) is 4.29. The molecule has 0 aromatic heterocycles. The zero-order valence-electron chi connectivity index (χ0n) is 10.2. The minimum Gasteiger partial charge on any atom is -0.364 e. The summed E-state index contributed by atoms with van der Waals surface area (Å²) in [5, 5.41) is 0. The molecule has 1 aliphatic rings. The van der Waals surface area contributed by atoms with Crippen molar-refractivity contribution in [1.29, 1.82) is 0 Å². The first-order chi connectivity index (χ1) is 8.93. The van der Waals surface area contributed by atoms with Gasteiger partial charge in [-0.2, -0.15) is 11.8 Å². The van der Waals surface area contributed by atoms with Crippen molar-refractivity contribution in [2.45, 2.75) is 12.2 Å². The molecular weight excluding hydrogens is 240 g/mol. The van der Waals surface area contributed by atoms with Gasteiger partial charge in [-0.25, -0.2) is 0 Å². The molecule has 0 spiro atoms. The number of hydrogen-bond donors (Lipinski definition) is 0. The van der Waals surface area contributed by atoms with E-state index in [9.17, 15) is 0 Å². The highest BCUT2D eigenvalue weighted by Gasteiger charge is 2.24. The Kier molecular flexibility index (Phi) is 3.67. The van der Waals surface area contributed by atoms with Crippen molar-refractivity contribution in [1.82, 2.24) is 0 Å². The molecule has 0 bridgehead atoms. The third-order valence-electron chi connectivity index (χ3n) is 3.21. The smallest absolute Gasteiger partial charge is 0.0924 e. The molecule has 2 aromatic rings. The molecule has 0 aliphatic carbocycles. The molecule has 1 aliphatic heterocycles. The zero-order chi connectivity index (χ0) is 12.2. The highest BCUT2D eigenvalue weighted by molar-refractivity contribution is 7.99. The van der Waals surface area contributed by atoms with Gasteiger partial charge in [0.2, 0.25) is 0 Å². The highest BCUT2D eigenvalue weighted by atomic mass is 32.2. The van der Waals surface area contributed by atoms with Crippen LogP contribution in [0.3, 0.4) is 0 Å². The van der Waals surface area contributed by atoms with Crippen molar-refractivity contribution in [3.8, 4) is 0 Å². The largest absolute Gasteiger partial charge is 0.364 e. The van der Waals surface area contributed by atoms with Gasteiger partial charge in [0.1, 0.15) is 0 Å². The second-order valence-corrected chi connectivity index (χ2v) is 5.55. The van der Waals surface area contributed by atoms with Gasteiger partial charge in [0.05, 0.1) is 12.2 Å². The van der Waals surface area contributed by atoms with E-state index in [0.29, 0.717) is 0 Å². The Morgan fingerprint density at radius 3 is 1.61 bits per heavy atom. The Hall–Kier alpha value is -1.25. The minimum atomic E-state index is 0.218. The molecule has 0 unspecified atom stereocenters. The van der Waals surface area contributed by atoms with Crippen LogP contribution in [0.5, 0.6) is 0 Å². The molecule has 18 heavy (non-hydrogen) atoms. The summed E-state index contributed by atoms with van der Waals surface area (Å²) >= 11 is 1.98. The molecule has 1 nitrogen and oxygen atoms in total. The van der Waals surface area contributed by atoms with Crippen LogP contribution >= 0.6 is 11.8 Å². The van der Waals surface area contributed by atoms with Crippen LogP contribution in [-0.4, -0.2) is 11.5 Å². The lowest BCUT2D eigenvalue weighted by atomic mass is 10.1. The standard InChI is InChI=1S/C16H16OS/c1-3-7-13(8-4-1)15-11-18-12-16(17-15)14-9-5-2-6-10-14/h1-10,15-16H,11-12H2/t15-,16-/m1/s1. The Morgan fingerprint density at radius 2 is 1.17 bits per heavy atom. The first-order valence-electron chi connectivity index (χ1n) is 6.26. The van der Waals surface area contributed by atoms with Crippen molar-refractivity contribution in [3.63, 3.8) is 0 Å². The zero-order valence-corrected chi connectivity index (χ0v) is 11.0. The van der Waals surface area contributed by atoms with Gasteiger partial charge >= 0.3 is 0 Å². The molecule has 2 atom stereocenters. The summed E-state index contributed by atoms with van der Waals surface area (Å²) in [5.41, 5.74) is 2.57. The second kappa shape index (κ2) is 5.59. The summed E-state index contributed by atoms with van der Waals surface area (Å²) in [5.74, 6) is 2.10. The SMILES string of the molecule is c1ccc([C@H]2CSC[C@H](c3ccccc3)O2)cc1. The van der Waals surface area contributed by atoms with Gasteiger partial charge in [0.15, 0.2) is 0 Å². The van der Waals surface area contributed by atoms with Gasteiger partial charge in [-0.05, 0) is 11.1 Å². The third kappa shape index (κ3) is 2.60. The minimum absolute atomic E-state index is 0.218. The summed E-state index contributed by atoms with van der Waals surface area (Å²) in [7, 11) is 0. The Balaban J connectivity index is 1.77. The predicted molar refractivity (Wildman–Crippen MR) is 76.8 cm³/mol. The number of thioether (sulfide) groups is 1. The van der Waals surface area contributed by atoms with Crippen LogP contribution in [0.25, 0.3) is 0 Å². The van der Waals surface area contributed by atoms with E-state index < -0.39 is 0 Å². The van der Waals surface area contributed by atoms with Crippen molar-refractivity contribution in [2.75, 3.05) is 11.5 Å². The maximum absolute atomic E-state index is 6.24. The van der Waals surface area contributed by atoms with Crippen LogP contribution in [0.4, 0.5) is 0 Å². The van der Waals surface area contributed by atoms with Gasteiger partial charge in [0, 0.05) is 11.5 Å². The van der Waals surface area contributed by atoms with E-state index in [1.807, 2.05) is 23.9 Å². The predicted octanol–water partition coefficient (Wildman–Crippen LogP) is 4.23. The Morgan fingerprint density at radius 1 is 0.722 bits per heavy atom. The molecule has 1 heterocycles. The Bertz CT molecular complexity index is 437. The molecular formula is C16H16OS. The van der Waals surface area contributed by atoms with E-state index in [0.717, 1.165) is 11.5 Å². The molecule has 92 valence electrons. The lowest BCUT2D eigenvalue weighted by Gasteiger charge is -2.30. The van der Waals surface area contributed by atoms with Gasteiger partial charge in [-0.15, -0.1) is 0 Å². The monoisotopic (exact) mass is 256 g/mol. The van der Waals surface area contributed by atoms with E-state index >= 15 is 0 Å². The normalized spacial score (nSPS) is 23.8. The highest BCUT2D eigenvalue weighted by Crippen LogP contribution is 2.36. The van der Waals surface area contributed by atoms with Crippen LogP contribution in [0.1, 0.15) is 23.3 Å². The summed E-state index contributed by atoms with van der Waals surface area (Å²) < 4.78 is 6.24. The van der Waals surface area contributed by atoms with E-state index in [4.69, 9.17) is 4.74 Å². The summed E-state index contributed by atoms with van der Waals surface area (Å²) in [4.78, 5) is 0. The second-order valence-electron chi connectivity index (χ2n) is 4.47. The van der Waals surface area contributed by atoms with E-state index in [1.165, 1.54) is 11.1 Å². The average molecular weight is 256 g/mol. The molecule has 0 saturated carbocycles. The summed E-state index contributed by atoms with van der Waals surface area (Å²) in [6.45, 7) is 0. The molecule has 0 radical (unpaired) electrons. The first-order valence-corrected chi connectivity index (χ1v) is 7.42. The number of ether oxygens (including phenoxy) is 1. The molecule has 0 amide bonds. The lowest BCUT2D eigenvalue weighted by molar-refractivity contribution is 0.00512. The van der Waals surface area contributed by atoms with Crippen LogP contribution in [0.15, 0.2) is 60.7 Å². The van der Waals surface area contributed by atoms with E-state index in [1.54, 1.807) is 0 Å². The van der Waals surface area contributed by atoms with Crippen LogP contribution < -0.4 is 0 Å². The fourth-order valence-electron chi connectivity index (χ4n) is 2.24. The van der Waals surface area contributed by atoms with Gasteiger partial charge in [-0.3, -0.25) is 0 Å². The average Bonchev–Trinajstić information content (AvgIpc) is 2.49. The molecule has 2 aromatic carbocycles. The number of benzene rings is 2. The van der Waals surface area contributed by atoms with Gasteiger partial charge in [-0.1, -0.05) is 60.7 Å². The Labute approximate surface area is 112 Å².